The van der Waals surface area contributed by atoms with E-state index in [2.05, 4.69) is 48.1 Å². The number of nitrogens with zero attached hydrogens (tertiary/aromatic N) is 3. The third kappa shape index (κ3) is 6.82. The van der Waals surface area contributed by atoms with E-state index in [0.717, 1.165) is 75.2 Å². The molecule has 37 heavy (non-hydrogen) atoms. The zero-order chi connectivity index (χ0) is 26.4. The summed E-state index contributed by atoms with van der Waals surface area (Å²) in [5.74, 6) is 1.25. The van der Waals surface area contributed by atoms with Crippen LogP contribution in [0.3, 0.4) is 0 Å². The number of anilines is 1. The number of aryl methyl sites for hydroxylation is 2. The van der Waals surface area contributed by atoms with Crippen molar-refractivity contribution in [3.63, 3.8) is 0 Å². The van der Waals surface area contributed by atoms with Crippen molar-refractivity contribution in [3.8, 4) is 5.75 Å². The molecular weight excluding hydrogens is 464 g/mol. The molecule has 2 aliphatic heterocycles. The molecule has 0 saturated carbocycles. The summed E-state index contributed by atoms with van der Waals surface area (Å²) in [5, 5.41) is 13.6. The van der Waals surface area contributed by atoms with Gasteiger partial charge in [0.05, 0.1) is 7.11 Å². The Morgan fingerprint density at radius 2 is 2.08 bits per heavy atom. The number of benzene rings is 1. The van der Waals surface area contributed by atoms with Gasteiger partial charge in [-0.1, -0.05) is 32.4 Å². The fraction of sp³-hybridized carbons (Fsp3) is 0.600. The van der Waals surface area contributed by atoms with Gasteiger partial charge in [0.2, 0.25) is 0 Å². The number of ether oxygens (including phenoxy) is 1. The first-order chi connectivity index (χ1) is 17.9. The quantitative estimate of drug-likeness (QED) is 0.386. The molecule has 2 aliphatic rings. The minimum atomic E-state index is -0.812. The van der Waals surface area contributed by atoms with E-state index in [9.17, 15) is 9.90 Å². The van der Waals surface area contributed by atoms with Gasteiger partial charge in [0, 0.05) is 36.9 Å². The molecule has 0 radical (unpaired) electrons. The first-order valence-electron chi connectivity index (χ1n) is 13.9. The van der Waals surface area contributed by atoms with E-state index >= 15 is 0 Å². The number of likely N-dealkylation sites (tertiary alicyclic amines) is 1. The Labute approximate surface area is 222 Å². The number of methoxy groups -OCH3 is 1. The summed E-state index contributed by atoms with van der Waals surface area (Å²) in [6, 6.07) is 10.1. The summed E-state index contributed by atoms with van der Waals surface area (Å²) in [6.07, 6.45) is 7.78. The van der Waals surface area contributed by atoms with Crippen molar-refractivity contribution in [2.24, 2.45) is 0 Å². The SMILES string of the molecule is COc1ccc(C(C)C)cc1[C@@H](C(=O)O)N1CC[C@@H](N(C)CCCCCc2ccc3c(n2)NCCC3)C1. The van der Waals surface area contributed by atoms with Gasteiger partial charge in [0.15, 0.2) is 0 Å². The Morgan fingerprint density at radius 3 is 2.84 bits per heavy atom. The van der Waals surface area contributed by atoms with E-state index in [1.165, 1.54) is 24.1 Å². The minimum Gasteiger partial charge on any atom is -0.496 e. The van der Waals surface area contributed by atoms with Gasteiger partial charge < -0.3 is 20.1 Å². The number of fused-ring (bicyclic) bond motifs is 1. The van der Waals surface area contributed by atoms with Crippen LogP contribution in [0, 0.1) is 0 Å². The molecule has 3 heterocycles. The third-order valence-electron chi connectivity index (χ3n) is 8.03. The summed E-state index contributed by atoms with van der Waals surface area (Å²) in [4.78, 5) is 21.8. The molecule has 7 heteroatoms. The average molecular weight is 509 g/mol. The van der Waals surface area contributed by atoms with Gasteiger partial charge in [0.1, 0.15) is 17.6 Å². The van der Waals surface area contributed by atoms with E-state index < -0.39 is 12.0 Å². The molecule has 2 aromatic rings. The molecule has 2 N–H and O–H groups in total. The van der Waals surface area contributed by atoms with E-state index in [1.807, 2.05) is 18.2 Å². The van der Waals surface area contributed by atoms with Crippen LogP contribution in [0.25, 0.3) is 0 Å². The summed E-state index contributed by atoms with van der Waals surface area (Å²) < 4.78 is 5.57. The number of nitrogens with one attached hydrogen (secondary N) is 1. The summed E-state index contributed by atoms with van der Waals surface area (Å²) in [6.45, 7) is 7.85. The fourth-order valence-corrected chi connectivity index (χ4v) is 5.71. The van der Waals surface area contributed by atoms with E-state index in [-0.39, 0.29) is 0 Å². The van der Waals surface area contributed by atoms with Crippen molar-refractivity contribution in [2.75, 3.05) is 45.7 Å². The van der Waals surface area contributed by atoms with Gasteiger partial charge >= 0.3 is 5.97 Å². The number of hydrogen-bond donors (Lipinski definition) is 2. The molecule has 202 valence electrons. The van der Waals surface area contributed by atoms with Crippen molar-refractivity contribution in [2.45, 2.75) is 76.8 Å². The van der Waals surface area contributed by atoms with Crippen LogP contribution in [0.5, 0.6) is 5.75 Å². The first kappa shape index (κ1) is 27.4. The Bertz CT molecular complexity index is 1060. The number of likely N-dealkylation sites (N-methyl/N-ethyl adjacent to an activating group) is 1. The Kier molecular flexibility index (Phi) is 9.43. The molecule has 4 rings (SSSR count). The number of carboxylic acid groups (broad SMARTS) is 1. The molecule has 1 saturated heterocycles. The minimum absolute atomic E-state index is 0.330. The standard InChI is InChI=1S/C30H44N4O3/c1-21(2)23-12-14-27(37-4)26(19-23)28(30(35)36)34-18-15-25(20-34)33(3)17-7-5-6-10-24-13-11-22-9-8-16-31-29(22)32-24/h11-14,19,21,25,28H,5-10,15-18,20H2,1-4H3,(H,31,32)(H,35,36)/t25-,28+/m1/s1. The Hall–Kier alpha value is -2.64. The van der Waals surface area contributed by atoms with Gasteiger partial charge in [-0.15, -0.1) is 0 Å². The molecular formula is C30H44N4O3. The van der Waals surface area contributed by atoms with Crippen LogP contribution in [-0.2, 0) is 17.6 Å². The lowest BCUT2D eigenvalue weighted by Gasteiger charge is -2.29. The molecule has 1 aromatic heterocycles. The lowest BCUT2D eigenvalue weighted by Crippen LogP contribution is -2.38. The lowest BCUT2D eigenvalue weighted by atomic mass is 9.96. The number of unbranched alkanes of at least 4 members (excludes halogenated alkanes) is 2. The van der Waals surface area contributed by atoms with Gasteiger partial charge in [-0.05, 0) is 87.4 Å². The van der Waals surface area contributed by atoms with Crippen LogP contribution >= 0.6 is 0 Å². The zero-order valence-electron chi connectivity index (χ0n) is 23.0. The van der Waals surface area contributed by atoms with E-state index in [1.54, 1.807) is 7.11 Å². The number of pyridine rings is 1. The monoisotopic (exact) mass is 508 g/mol. The fourth-order valence-electron chi connectivity index (χ4n) is 5.71. The van der Waals surface area contributed by atoms with Crippen LogP contribution in [-0.4, -0.2) is 72.2 Å². The maximum atomic E-state index is 12.4. The number of aliphatic carboxylic acids is 1. The molecule has 0 bridgehead atoms. The predicted octanol–water partition coefficient (Wildman–Crippen LogP) is 5.12. The van der Waals surface area contributed by atoms with Crippen molar-refractivity contribution in [1.82, 2.24) is 14.8 Å². The molecule has 0 amide bonds. The Morgan fingerprint density at radius 1 is 1.24 bits per heavy atom. The first-order valence-corrected chi connectivity index (χ1v) is 13.9. The van der Waals surface area contributed by atoms with Crippen LogP contribution in [0.15, 0.2) is 30.3 Å². The largest absolute Gasteiger partial charge is 0.496 e. The van der Waals surface area contributed by atoms with Crippen molar-refractivity contribution in [3.05, 3.63) is 52.7 Å². The topological polar surface area (TPSA) is 77.9 Å². The average Bonchev–Trinajstić information content (AvgIpc) is 3.38. The maximum Gasteiger partial charge on any atom is 0.325 e. The smallest absolute Gasteiger partial charge is 0.325 e. The van der Waals surface area contributed by atoms with Gasteiger partial charge in [-0.25, -0.2) is 4.98 Å². The lowest BCUT2D eigenvalue weighted by molar-refractivity contribution is -0.143. The normalized spacial score (nSPS) is 18.6. The third-order valence-corrected chi connectivity index (χ3v) is 8.03. The van der Waals surface area contributed by atoms with Gasteiger partial charge in [-0.2, -0.15) is 0 Å². The number of carboxylic acids is 1. The molecule has 0 aliphatic carbocycles. The zero-order valence-corrected chi connectivity index (χ0v) is 23.0. The second kappa shape index (κ2) is 12.7. The van der Waals surface area contributed by atoms with Crippen molar-refractivity contribution in [1.29, 1.82) is 0 Å². The summed E-state index contributed by atoms with van der Waals surface area (Å²) >= 11 is 0. The number of rotatable bonds is 12. The molecule has 1 aromatic carbocycles. The molecule has 1 fully saturated rings. The number of hydrogen-bond acceptors (Lipinski definition) is 6. The van der Waals surface area contributed by atoms with Crippen LogP contribution in [0.1, 0.15) is 80.3 Å². The highest BCUT2D eigenvalue weighted by Crippen LogP contribution is 2.35. The summed E-state index contributed by atoms with van der Waals surface area (Å²) in [5.41, 5.74) is 4.43. The molecule has 7 nitrogen and oxygen atoms in total. The van der Waals surface area contributed by atoms with Crippen molar-refractivity contribution < 1.29 is 14.6 Å². The van der Waals surface area contributed by atoms with E-state index in [4.69, 9.17) is 9.72 Å². The highest BCUT2D eigenvalue weighted by Gasteiger charge is 2.36. The highest BCUT2D eigenvalue weighted by molar-refractivity contribution is 5.77. The maximum absolute atomic E-state index is 12.4. The van der Waals surface area contributed by atoms with Crippen LogP contribution in [0.2, 0.25) is 0 Å². The van der Waals surface area contributed by atoms with Gasteiger partial charge in [-0.3, -0.25) is 9.69 Å². The number of carbonyl (C=O) groups is 1. The van der Waals surface area contributed by atoms with Crippen LogP contribution < -0.4 is 10.1 Å². The second-order valence-corrected chi connectivity index (χ2v) is 11.0. The molecule has 0 unspecified atom stereocenters. The summed E-state index contributed by atoms with van der Waals surface area (Å²) in [7, 11) is 3.80. The van der Waals surface area contributed by atoms with Crippen molar-refractivity contribution >= 4 is 11.8 Å². The molecule has 0 spiro atoms. The van der Waals surface area contributed by atoms with Gasteiger partial charge in [0.25, 0.3) is 0 Å². The molecule has 2 atom stereocenters. The van der Waals surface area contributed by atoms with E-state index in [0.29, 0.717) is 17.7 Å². The number of aromatic nitrogens is 1. The Balaban J connectivity index is 1.27. The van der Waals surface area contributed by atoms with Crippen LogP contribution in [0.4, 0.5) is 5.82 Å². The highest BCUT2D eigenvalue weighted by atomic mass is 16.5. The second-order valence-electron chi connectivity index (χ2n) is 11.0. The predicted molar refractivity (Wildman–Crippen MR) is 149 cm³/mol.